The third-order valence-corrected chi connectivity index (χ3v) is 4.46. The van der Waals surface area contributed by atoms with Gasteiger partial charge in [-0.15, -0.1) is 5.10 Å². The van der Waals surface area contributed by atoms with Gasteiger partial charge in [-0.3, -0.25) is 11.3 Å². The lowest BCUT2D eigenvalue weighted by Gasteiger charge is -2.36. The molecule has 1 saturated carbocycles. The minimum Gasteiger partial charge on any atom is -0.271 e. The molecule has 1 aliphatic rings. The van der Waals surface area contributed by atoms with Crippen molar-refractivity contribution in [3.8, 4) is 0 Å². The van der Waals surface area contributed by atoms with Crippen molar-refractivity contribution in [2.75, 3.05) is 0 Å². The molecule has 0 bridgehead atoms. The summed E-state index contributed by atoms with van der Waals surface area (Å²) in [5.74, 6) is 5.85. The molecule has 1 heterocycles. The van der Waals surface area contributed by atoms with Crippen LogP contribution in [0.3, 0.4) is 0 Å². The summed E-state index contributed by atoms with van der Waals surface area (Å²) < 4.78 is 2.00. The van der Waals surface area contributed by atoms with Gasteiger partial charge in [0.15, 0.2) is 0 Å². The van der Waals surface area contributed by atoms with Gasteiger partial charge in [-0.25, -0.2) is 4.68 Å². The summed E-state index contributed by atoms with van der Waals surface area (Å²) in [6, 6.07) is 0.173. The molecule has 0 spiro atoms. The zero-order valence-electron chi connectivity index (χ0n) is 11.5. The minimum atomic E-state index is 0.173. The number of aryl methyl sites for hydroxylation is 1. The van der Waals surface area contributed by atoms with Crippen LogP contribution in [-0.4, -0.2) is 15.0 Å². The lowest BCUT2D eigenvalue weighted by Crippen LogP contribution is -2.41. The molecular weight excluding hydrogens is 226 g/mol. The summed E-state index contributed by atoms with van der Waals surface area (Å²) in [4.78, 5) is 0. The first-order chi connectivity index (χ1) is 8.77. The zero-order valence-corrected chi connectivity index (χ0v) is 11.5. The normalized spacial score (nSPS) is 20.2. The molecule has 2 rings (SSSR count). The molecule has 1 aromatic rings. The summed E-state index contributed by atoms with van der Waals surface area (Å²) in [5.41, 5.74) is 4.46. The van der Waals surface area contributed by atoms with Crippen molar-refractivity contribution < 1.29 is 0 Å². The summed E-state index contributed by atoms with van der Waals surface area (Å²) in [7, 11) is 0. The maximum atomic E-state index is 5.85. The molecule has 0 aromatic carbocycles. The second-order valence-corrected chi connectivity index (χ2v) is 5.40. The summed E-state index contributed by atoms with van der Waals surface area (Å²) >= 11 is 0. The molecule has 1 unspecified atom stereocenters. The molecule has 3 N–H and O–H groups in total. The van der Waals surface area contributed by atoms with E-state index in [4.69, 9.17) is 5.84 Å². The number of nitrogens with one attached hydrogen (secondary N) is 1. The lowest BCUT2D eigenvalue weighted by molar-refractivity contribution is 0.179. The number of nitrogens with zero attached hydrogens (tertiary/aromatic N) is 3. The van der Waals surface area contributed by atoms with Crippen molar-refractivity contribution in [2.45, 2.75) is 65.0 Å². The highest BCUT2D eigenvalue weighted by Gasteiger charge is 2.41. The highest BCUT2D eigenvalue weighted by atomic mass is 15.4. The van der Waals surface area contributed by atoms with Crippen LogP contribution in [0, 0.1) is 5.41 Å². The SMILES string of the molecule is CCCn1nncc1C(NN)C1(CC)CCCC1. The quantitative estimate of drug-likeness (QED) is 0.600. The van der Waals surface area contributed by atoms with Crippen LogP contribution in [0.5, 0.6) is 0 Å². The first-order valence-corrected chi connectivity index (χ1v) is 7.12. The Morgan fingerprint density at radius 1 is 1.44 bits per heavy atom. The largest absolute Gasteiger partial charge is 0.271 e. The summed E-state index contributed by atoms with van der Waals surface area (Å²) in [5, 5.41) is 8.25. The maximum absolute atomic E-state index is 5.85. The van der Waals surface area contributed by atoms with E-state index in [1.165, 1.54) is 25.7 Å². The van der Waals surface area contributed by atoms with Gasteiger partial charge in [0, 0.05) is 6.54 Å². The van der Waals surface area contributed by atoms with Gasteiger partial charge in [0.1, 0.15) is 0 Å². The monoisotopic (exact) mass is 251 g/mol. The van der Waals surface area contributed by atoms with E-state index in [9.17, 15) is 0 Å². The van der Waals surface area contributed by atoms with Crippen molar-refractivity contribution in [1.82, 2.24) is 20.4 Å². The van der Waals surface area contributed by atoms with Gasteiger partial charge >= 0.3 is 0 Å². The smallest absolute Gasteiger partial charge is 0.0775 e. The molecule has 1 atom stereocenters. The van der Waals surface area contributed by atoms with Crippen LogP contribution in [-0.2, 0) is 6.54 Å². The van der Waals surface area contributed by atoms with Gasteiger partial charge in [-0.2, -0.15) is 0 Å². The van der Waals surface area contributed by atoms with Crippen LogP contribution in [0.2, 0.25) is 0 Å². The van der Waals surface area contributed by atoms with Crippen LogP contribution in [0.4, 0.5) is 0 Å². The molecule has 102 valence electrons. The van der Waals surface area contributed by atoms with Crippen molar-refractivity contribution >= 4 is 0 Å². The van der Waals surface area contributed by atoms with Crippen LogP contribution < -0.4 is 11.3 Å². The van der Waals surface area contributed by atoms with E-state index in [1.54, 1.807) is 0 Å². The van der Waals surface area contributed by atoms with E-state index in [0.29, 0.717) is 0 Å². The molecular formula is C13H25N5. The number of hydrogen-bond donors (Lipinski definition) is 2. The fraction of sp³-hybridized carbons (Fsp3) is 0.846. The predicted octanol–water partition coefficient (Wildman–Crippen LogP) is 2.16. The standard InChI is InChI=1S/C13H25N5/c1-3-9-18-11(10-15-17-18)12(16-14)13(4-2)7-5-6-8-13/h10,12,16H,3-9,14H2,1-2H3. The van der Waals surface area contributed by atoms with E-state index < -0.39 is 0 Å². The molecule has 0 aliphatic heterocycles. The van der Waals surface area contributed by atoms with E-state index in [2.05, 4.69) is 29.6 Å². The number of nitrogens with two attached hydrogens (primary N) is 1. The molecule has 0 radical (unpaired) electrons. The number of hydrazine groups is 1. The summed E-state index contributed by atoms with van der Waals surface area (Å²) in [6.07, 6.45) is 9.19. The van der Waals surface area contributed by atoms with Crippen LogP contribution >= 0.6 is 0 Å². The maximum Gasteiger partial charge on any atom is 0.0775 e. The molecule has 1 aromatic heterocycles. The van der Waals surface area contributed by atoms with Gasteiger partial charge in [-0.05, 0) is 31.1 Å². The van der Waals surface area contributed by atoms with Crippen molar-refractivity contribution in [2.24, 2.45) is 11.3 Å². The van der Waals surface area contributed by atoms with E-state index >= 15 is 0 Å². The Hall–Kier alpha value is -0.940. The Balaban J connectivity index is 2.29. The number of aromatic nitrogens is 3. The second-order valence-electron chi connectivity index (χ2n) is 5.40. The van der Waals surface area contributed by atoms with Crippen LogP contribution in [0.1, 0.15) is 64.1 Å². The fourth-order valence-corrected chi connectivity index (χ4v) is 3.38. The molecule has 1 fully saturated rings. The Labute approximate surface area is 109 Å². The van der Waals surface area contributed by atoms with Crippen LogP contribution in [0.25, 0.3) is 0 Å². The Kier molecular flexibility index (Phi) is 4.35. The minimum absolute atomic E-state index is 0.173. The molecule has 5 heteroatoms. The summed E-state index contributed by atoms with van der Waals surface area (Å²) in [6.45, 7) is 5.33. The molecule has 18 heavy (non-hydrogen) atoms. The van der Waals surface area contributed by atoms with Gasteiger partial charge in [0.25, 0.3) is 0 Å². The second kappa shape index (κ2) is 5.80. The van der Waals surface area contributed by atoms with Gasteiger partial charge in [0.05, 0.1) is 17.9 Å². The average molecular weight is 251 g/mol. The number of rotatable bonds is 6. The van der Waals surface area contributed by atoms with Crippen molar-refractivity contribution in [3.63, 3.8) is 0 Å². The Morgan fingerprint density at radius 2 is 2.17 bits per heavy atom. The van der Waals surface area contributed by atoms with Crippen LogP contribution in [0.15, 0.2) is 6.20 Å². The third-order valence-electron chi connectivity index (χ3n) is 4.46. The molecule has 0 saturated heterocycles. The number of hydrogen-bond acceptors (Lipinski definition) is 4. The van der Waals surface area contributed by atoms with Crippen molar-refractivity contribution in [1.29, 1.82) is 0 Å². The molecule has 0 amide bonds. The van der Waals surface area contributed by atoms with Gasteiger partial charge in [-0.1, -0.05) is 31.9 Å². The predicted molar refractivity (Wildman–Crippen MR) is 71.6 cm³/mol. The van der Waals surface area contributed by atoms with Crippen molar-refractivity contribution in [3.05, 3.63) is 11.9 Å². The molecule has 5 nitrogen and oxygen atoms in total. The topological polar surface area (TPSA) is 68.8 Å². The van der Waals surface area contributed by atoms with Gasteiger partial charge in [0.2, 0.25) is 0 Å². The Morgan fingerprint density at radius 3 is 2.72 bits per heavy atom. The molecule has 1 aliphatic carbocycles. The van der Waals surface area contributed by atoms with Gasteiger partial charge < -0.3 is 0 Å². The highest BCUT2D eigenvalue weighted by molar-refractivity contribution is 5.10. The third kappa shape index (κ3) is 2.29. The van der Waals surface area contributed by atoms with E-state index in [-0.39, 0.29) is 11.5 Å². The average Bonchev–Trinajstić information content (AvgIpc) is 3.02. The first-order valence-electron chi connectivity index (χ1n) is 7.12. The zero-order chi connectivity index (χ0) is 13.0. The first kappa shape index (κ1) is 13.5. The highest BCUT2D eigenvalue weighted by Crippen LogP contribution is 2.49. The van der Waals surface area contributed by atoms with E-state index in [0.717, 1.165) is 25.1 Å². The lowest BCUT2D eigenvalue weighted by atomic mass is 9.75. The Bertz CT molecular complexity index is 367. The fourth-order valence-electron chi connectivity index (χ4n) is 3.38. The van der Waals surface area contributed by atoms with E-state index in [1.807, 2.05) is 10.9 Å².